The van der Waals surface area contributed by atoms with Crippen molar-refractivity contribution in [3.63, 3.8) is 0 Å². The lowest BCUT2D eigenvalue weighted by Gasteiger charge is -2.33. The average Bonchev–Trinajstić information content (AvgIpc) is 2.77. The van der Waals surface area contributed by atoms with Gasteiger partial charge in [0, 0.05) is 5.92 Å². The number of aldehydes is 1. The Hall–Kier alpha value is -1.98. The van der Waals surface area contributed by atoms with Crippen molar-refractivity contribution in [3.05, 3.63) is 18.5 Å². The Morgan fingerprint density at radius 2 is 2.16 bits per heavy atom. The second-order valence-corrected chi connectivity index (χ2v) is 5.21. The molecule has 1 saturated carbocycles. The van der Waals surface area contributed by atoms with Crippen molar-refractivity contribution in [3.8, 4) is 0 Å². The molecule has 1 aliphatic carbocycles. The van der Waals surface area contributed by atoms with Crippen LogP contribution in [0.25, 0.3) is 0 Å². The molecule has 2 fully saturated rings. The Morgan fingerprint density at radius 1 is 1.37 bits per heavy atom. The van der Waals surface area contributed by atoms with Gasteiger partial charge in [-0.2, -0.15) is 10.2 Å². The Balaban J connectivity index is 1.75. The maximum absolute atomic E-state index is 12.0. The largest absolute Gasteiger partial charge is 0.441 e. The van der Waals surface area contributed by atoms with E-state index in [-0.39, 0.29) is 12.0 Å². The molecule has 19 heavy (non-hydrogen) atoms. The number of ether oxygens (including phenoxy) is 1. The molecule has 1 aromatic rings. The van der Waals surface area contributed by atoms with Crippen LogP contribution in [0.4, 0.5) is 10.5 Å². The summed E-state index contributed by atoms with van der Waals surface area (Å²) in [4.78, 5) is 24.4. The van der Waals surface area contributed by atoms with E-state index in [1.807, 2.05) is 0 Å². The molecule has 0 radical (unpaired) electrons. The minimum absolute atomic E-state index is 0.112. The Labute approximate surface area is 110 Å². The van der Waals surface area contributed by atoms with Crippen LogP contribution in [0.2, 0.25) is 0 Å². The monoisotopic (exact) mass is 261 g/mol. The van der Waals surface area contributed by atoms with E-state index < -0.39 is 5.60 Å². The lowest BCUT2D eigenvalue weighted by Crippen LogP contribution is -2.38. The van der Waals surface area contributed by atoms with Gasteiger partial charge in [-0.05, 0) is 31.7 Å². The number of carbonyl (C=O) groups is 2. The van der Waals surface area contributed by atoms with E-state index in [1.165, 1.54) is 0 Å². The normalized spacial score (nSPS) is 30.4. The van der Waals surface area contributed by atoms with E-state index in [1.54, 1.807) is 23.4 Å². The van der Waals surface area contributed by atoms with E-state index in [2.05, 4.69) is 10.2 Å². The van der Waals surface area contributed by atoms with Crippen molar-refractivity contribution in [2.45, 2.75) is 31.3 Å². The topological polar surface area (TPSA) is 72.4 Å². The maximum atomic E-state index is 12.0. The number of amides is 1. The van der Waals surface area contributed by atoms with Crippen LogP contribution in [-0.2, 0) is 9.53 Å². The van der Waals surface area contributed by atoms with Gasteiger partial charge in [0.15, 0.2) is 0 Å². The van der Waals surface area contributed by atoms with E-state index >= 15 is 0 Å². The van der Waals surface area contributed by atoms with Gasteiger partial charge in [-0.3, -0.25) is 4.90 Å². The van der Waals surface area contributed by atoms with E-state index in [9.17, 15) is 9.59 Å². The SMILES string of the molecule is O=CC1CCC2(CC1)CN(c1ccnnc1)C(=O)O2. The number of aromatic nitrogens is 2. The number of rotatable bonds is 2. The highest BCUT2D eigenvalue weighted by Gasteiger charge is 2.47. The van der Waals surface area contributed by atoms with Gasteiger partial charge in [-0.1, -0.05) is 0 Å². The summed E-state index contributed by atoms with van der Waals surface area (Å²) in [6.45, 7) is 0.531. The van der Waals surface area contributed by atoms with Gasteiger partial charge in [0.1, 0.15) is 11.9 Å². The highest BCUT2D eigenvalue weighted by atomic mass is 16.6. The first-order valence-corrected chi connectivity index (χ1v) is 6.45. The van der Waals surface area contributed by atoms with Crippen molar-refractivity contribution in [1.82, 2.24) is 10.2 Å². The second kappa shape index (κ2) is 4.60. The number of anilines is 1. The zero-order chi connectivity index (χ0) is 13.3. The van der Waals surface area contributed by atoms with Crippen LogP contribution < -0.4 is 4.90 Å². The van der Waals surface area contributed by atoms with Crippen molar-refractivity contribution in [2.24, 2.45) is 5.92 Å². The molecule has 0 bridgehead atoms. The first-order valence-electron chi connectivity index (χ1n) is 6.45. The first kappa shape index (κ1) is 12.1. The summed E-state index contributed by atoms with van der Waals surface area (Å²) < 4.78 is 5.57. The van der Waals surface area contributed by atoms with Crippen LogP contribution in [0.15, 0.2) is 18.5 Å². The zero-order valence-electron chi connectivity index (χ0n) is 10.5. The lowest BCUT2D eigenvalue weighted by atomic mass is 9.79. The van der Waals surface area contributed by atoms with Crippen LogP contribution in [-0.4, -0.2) is 34.7 Å². The molecule has 6 nitrogen and oxygen atoms in total. The van der Waals surface area contributed by atoms with Gasteiger partial charge < -0.3 is 9.53 Å². The molecule has 100 valence electrons. The lowest BCUT2D eigenvalue weighted by molar-refractivity contribution is -0.113. The third-order valence-electron chi connectivity index (χ3n) is 3.98. The van der Waals surface area contributed by atoms with E-state index in [0.717, 1.165) is 32.0 Å². The summed E-state index contributed by atoms with van der Waals surface area (Å²) in [7, 11) is 0. The van der Waals surface area contributed by atoms with Gasteiger partial charge in [0.25, 0.3) is 0 Å². The predicted octanol–water partition coefficient (Wildman–Crippen LogP) is 1.56. The van der Waals surface area contributed by atoms with Crippen molar-refractivity contribution in [2.75, 3.05) is 11.4 Å². The van der Waals surface area contributed by atoms with Crippen LogP contribution in [0, 0.1) is 5.92 Å². The third kappa shape index (κ3) is 2.18. The zero-order valence-corrected chi connectivity index (χ0v) is 10.5. The number of carbonyl (C=O) groups excluding carboxylic acids is 2. The highest BCUT2D eigenvalue weighted by Crippen LogP contribution is 2.39. The molecule has 1 amide bonds. The molecule has 0 atom stereocenters. The minimum Gasteiger partial charge on any atom is -0.441 e. The predicted molar refractivity (Wildman–Crippen MR) is 66.6 cm³/mol. The summed E-state index contributed by atoms with van der Waals surface area (Å²) in [6, 6.07) is 1.74. The molecule has 2 aliphatic rings. The summed E-state index contributed by atoms with van der Waals surface area (Å²) in [5, 5.41) is 7.48. The van der Waals surface area contributed by atoms with Gasteiger partial charge >= 0.3 is 6.09 Å². The highest BCUT2D eigenvalue weighted by molar-refractivity contribution is 5.90. The van der Waals surface area contributed by atoms with Gasteiger partial charge in [-0.25, -0.2) is 4.79 Å². The molecule has 6 heteroatoms. The summed E-state index contributed by atoms with van der Waals surface area (Å²) in [5.41, 5.74) is 0.272. The fraction of sp³-hybridized carbons (Fsp3) is 0.538. The van der Waals surface area contributed by atoms with Gasteiger partial charge in [-0.15, -0.1) is 0 Å². The van der Waals surface area contributed by atoms with Crippen LogP contribution in [0.1, 0.15) is 25.7 Å². The molecule has 0 aromatic carbocycles. The molecule has 1 aliphatic heterocycles. The summed E-state index contributed by atoms with van der Waals surface area (Å²) in [5.74, 6) is 0.112. The molecule has 1 saturated heterocycles. The number of hydrogen-bond donors (Lipinski definition) is 0. The van der Waals surface area contributed by atoms with E-state index in [4.69, 9.17) is 4.74 Å². The maximum Gasteiger partial charge on any atom is 0.415 e. The molecular weight excluding hydrogens is 246 g/mol. The molecule has 0 unspecified atom stereocenters. The van der Waals surface area contributed by atoms with E-state index in [0.29, 0.717) is 12.2 Å². The molecule has 1 spiro atoms. The molecule has 3 rings (SSSR count). The van der Waals surface area contributed by atoms with Crippen molar-refractivity contribution in [1.29, 1.82) is 0 Å². The Morgan fingerprint density at radius 3 is 2.79 bits per heavy atom. The van der Waals surface area contributed by atoms with Crippen molar-refractivity contribution < 1.29 is 14.3 Å². The number of nitrogens with zero attached hydrogens (tertiary/aromatic N) is 3. The molecule has 2 heterocycles. The fourth-order valence-electron chi connectivity index (χ4n) is 2.83. The van der Waals surface area contributed by atoms with Gasteiger partial charge in [0.05, 0.1) is 24.6 Å². The molecular formula is C13H15N3O3. The number of hydrogen-bond acceptors (Lipinski definition) is 5. The average molecular weight is 261 g/mol. The standard InChI is InChI=1S/C13H15N3O3/c17-8-10-1-4-13(5-2-10)9-16(12(18)19-13)11-3-6-14-15-7-11/h3,6-8,10H,1-2,4-5,9H2. The van der Waals surface area contributed by atoms with Crippen LogP contribution >= 0.6 is 0 Å². The quantitative estimate of drug-likeness (QED) is 0.755. The summed E-state index contributed by atoms with van der Waals surface area (Å²) >= 11 is 0. The Bertz CT molecular complexity index is 483. The molecule has 1 aromatic heterocycles. The van der Waals surface area contributed by atoms with Crippen molar-refractivity contribution >= 4 is 18.1 Å². The van der Waals surface area contributed by atoms with Gasteiger partial charge in [0.2, 0.25) is 0 Å². The Kier molecular flexibility index (Phi) is 2.93. The fourth-order valence-corrected chi connectivity index (χ4v) is 2.83. The molecule has 0 N–H and O–H groups in total. The minimum atomic E-state index is -0.431. The third-order valence-corrected chi connectivity index (χ3v) is 3.98. The van der Waals surface area contributed by atoms with Crippen LogP contribution in [0.5, 0.6) is 0 Å². The first-order chi connectivity index (χ1) is 9.22. The second-order valence-electron chi connectivity index (χ2n) is 5.21. The smallest absolute Gasteiger partial charge is 0.415 e. The summed E-state index contributed by atoms with van der Waals surface area (Å²) in [6.07, 6.45) is 6.85. The van der Waals surface area contributed by atoms with Crippen LogP contribution in [0.3, 0.4) is 0 Å².